The Kier molecular flexibility index (Phi) is 5.64. The summed E-state index contributed by atoms with van der Waals surface area (Å²) in [6.07, 6.45) is 3.47. The van der Waals surface area contributed by atoms with Crippen molar-refractivity contribution in [3.63, 3.8) is 0 Å². The van der Waals surface area contributed by atoms with Crippen molar-refractivity contribution in [3.8, 4) is 0 Å². The molecule has 1 aromatic rings. The van der Waals surface area contributed by atoms with E-state index in [1.54, 1.807) is 6.92 Å². The largest absolute Gasteiger partial charge is 0.465 e. The molecule has 2 heterocycles. The first-order valence-corrected chi connectivity index (χ1v) is 10.00. The van der Waals surface area contributed by atoms with Gasteiger partial charge in [0, 0.05) is 17.8 Å². The molecule has 2 fully saturated rings. The van der Waals surface area contributed by atoms with Crippen molar-refractivity contribution in [2.24, 2.45) is 11.8 Å². The van der Waals surface area contributed by atoms with Crippen molar-refractivity contribution in [2.45, 2.75) is 46.0 Å². The van der Waals surface area contributed by atoms with Crippen molar-refractivity contribution >= 4 is 40.0 Å². The number of ether oxygens (including phenoxy) is 1. The van der Waals surface area contributed by atoms with E-state index in [0.29, 0.717) is 10.6 Å². The molecule has 27 heavy (non-hydrogen) atoms. The maximum atomic E-state index is 12.5. The normalized spacial score (nSPS) is 22.0. The van der Waals surface area contributed by atoms with Crippen LogP contribution in [0.3, 0.4) is 0 Å². The zero-order valence-electron chi connectivity index (χ0n) is 15.8. The lowest BCUT2D eigenvalue weighted by atomic mass is 9.81. The smallest absolute Gasteiger partial charge is 0.341 e. The maximum absolute atomic E-state index is 12.5. The molecular formula is C19H24N2O5S. The van der Waals surface area contributed by atoms with Crippen molar-refractivity contribution in [1.29, 1.82) is 0 Å². The van der Waals surface area contributed by atoms with Crippen molar-refractivity contribution in [3.05, 3.63) is 16.0 Å². The molecule has 1 N–H and O–H groups in total. The molecular weight excluding hydrogens is 368 g/mol. The van der Waals surface area contributed by atoms with Gasteiger partial charge in [0.2, 0.25) is 17.7 Å². The summed E-state index contributed by atoms with van der Waals surface area (Å²) in [4.78, 5) is 51.4. The zero-order chi connectivity index (χ0) is 19.7. The number of carbonyl (C=O) groups excluding carboxylic acids is 4. The van der Waals surface area contributed by atoms with E-state index in [-0.39, 0.29) is 42.5 Å². The minimum absolute atomic E-state index is 0.00747. The van der Waals surface area contributed by atoms with E-state index in [9.17, 15) is 19.2 Å². The van der Waals surface area contributed by atoms with Crippen LogP contribution < -0.4 is 5.32 Å². The van der Waals surface area contributed by atoms with E-state index in [4.69, 9.17) is 4.74 Å². The molecule has 0 radical (unpaired) electrons. The van der Waals surface area contributed by atoms with Crippen LogP contribution in [-0.4, -0.2) is 42.2 Å². The fourth-order valence-corrected chi connectivity index (χ4v) is 4.98. The second-order valence-electron chi connectivity index (χ2n) is 7.10. The summed E-state index contributed by atoms with van der Waals surface area (Å²) in [7, 11) is 1.30. The molecule has 0 aromatic carbocycles. The summed E-state index contributed by atoms with van der Waals surface area (Å²) >= 11 is 1.31. The fourth-order valence-electron chi connectivity index (χ4n) is 3.92. The van der Waals surface area contributed by atoms with Crippen LogP contribution in [0.1, 0.15) is 52.9 Å². The molecule has 1 saturated carbocycles. The monoisotopic (exact) mass is 392 g/mol. The van der Waals surface area contributed by atoms with Gasteiger partial charge in [0.1, 0.15) is 5.00 Å². The third-order valence-electron chi connectivity index (χ3n) is 5.52. The van der Waals surface area contributed by atoms with Crippen LogP contribution in [0, 0.1) is 25.7 Å². The number of amides is 3. The van der Waals surface area contributed by atoms with Crippen LogP contribution in [-0.2, 0) is 19.1 Å². The quantitative estimate of drug-likeness (QED) is 0.614. The average molecular weight is 392 g/mol. The summed E-state index contributed by atoms with van der Waals surface area (Å²) in [6, 6.07) is 0. The second-order valence-corrected chi connectivity index (χ2v) is 8.33. The third-order valence-corrected chi connectivity index (χ3v) is 6.65. The molecule has 0 unspecified atom stereocenters. The molecule has 1 aliphatic heterocycles. The number of rotatable bonds is 5. The Morgan fingerprint density at radius 3 is 2.30 bits per heavy atom. The van der Waals surface area contributed by atoms with Crippen molar-refractivity contribution in [1.82, 2.24) is 4.90 Å². The number of imide groups is 1. The van der Waals surface area contributed by atoms with Crippen LogP contribution in [0.2, 0.25) is 0 Å². The van der Waals surface area contributed by atoms with Crippen LogP contribution in [0.15, 0.2) is 0 Å². The highest BCUT2D eigenvalue weighted by Crippen LogP contribution is 2.38. The van der Waals surface area contributed by atoms with Crippen LogP contribution in [0.4, 0.5) is 5.00 Å². The molecule has 1 aliphatic carbocycles. The molecule has 1 aromatic heterocycles. The van der Waals surface area contributed by atoms with Gasteiger partial charge >= 0.3 is 5.97 Å². The minimum Gasteiger partial charge on any atom is -0.465 e. The lowest BCUT2D eigenvalue weighted by Crippen LogP contribution is -2.34. The number of carbonyl (C=O) groups is 4. The second kappa shape index (κ2) is 7.80. The zero-order valence-corrected chi connectivity index (χ0v) is 16.6. The molecule has 8 heteroatoms. The van der Waals surface area contributed by atoms with Crippen molar-refractivity contribution in [2.75, 3.05) is 19.0 Å². The summed E-state index contributed by atoms with van der Waals surface area (Å²) in [5.74, 6) is -1.53. The van der Waals surface area contributed by atoms with Crippen LogP contribution >= 0.6 is 11.3 Å². The number of aryl methyl sites for hydroxylation is 1. The lowest BCUT2D eigenvalue weighted by molar-refractivity contribution is -0.140. The van der Waals surface area contributed by atoms with Gasteiger partial charge in [-0.1, -0.05) is 12.8 Å². The number of thiophene rings is 1. The van der Waals surface area contributed by atoms with Gasteiger partial charge < -0.3 is 10.1 Å². The minimum atomic E-state index is -0.499. The first-order valence-electron chi connectivity index (χ1n) is 9.18. The average Bonchev–Trinajstić information content (AvgIpc) is 3.07. The maximum Gasteiger partial charge on any atom is 0.341 e. The van der Waals surface area contributed by atoms with E-state index < -0.39 is 5.97 Å². The van der Waals surface area contributed by atoms with E-state index >= 15 is 0 Å². The number of fused-ring (bicyclic) bond motifs is 1. The summed E-state index contributed by atoms with van der Waals surface area (Å²) in [5.41, 5.74) is 1.13. The first-order chi connectivity index (χ1) is 12.8. The van der Waals surface area contributed by atoms with Crippen LogP contribution in [0.25, 0.3) is 0 Å². The molecule has 2 aliphatic rings. The summed E-state index contributed by atoms with van der Waals surface area (Å²) in [5, 5.41) is 3.17. The fraction of sp³-hybridized carbons (Fsp3) is 0.579. The van der Waals surface area contributed by atoms with Crippen LogP contribution in [0.5, 0.6) is 0 Å². The summed E-state index contributed by atoms with van der Waals surface area (Å²) in [6.45, 7) is 3.75. The highest BCUT2D eigenvalue weighted by molar-refractivity contribution is 7.16. The van der Waals surface area contributed by atoms with Gasteiger partial charge in [-0.15, -0.1) is 11.3 Å². The molecule has 7 nitrogen and oxygen atoms in total. The van der Waals surface area contributed by atoms with E-state index in [2.05, 4.69) is 5.32 Å². The number of anilines is 1. The van der Waals surface area contributed by atoms with Gasteiger partial charge in [-0.3, -0.25) is 19.3 Å². The predicted molar refractivity (Wildman–Crippen MR) is 101 cm³/mol. The number of likely N-dealkylation sites (tertiary alicyclic amines) is 1. The van der Waals surface area contributed by atoms with Gasteiger partial charge in [-0.2, -0.15) is 0 Å². The molecule has 146 valence electrons. The van der Waals surface area contributed by atoms with Gasteiger partial charge in [0.15, 0.2) is 0 Å². The van der Waals surface area contributed by atoms with E-state index in [0.717, 1.165) is 36.1 Å². The Balaban J connectivity index is 1.64. The Bertz CT molecular complexity index is 776. The Hall–Kier alpha value is -2.22. The van der Waals surface area contributed by atoms with Gasteiger partial charge in [-0.25, -0.2) is 4.79 Å². The number of hydrogen-bond acceptors (Lipinski definition) is 6. The number of nitrogens with one attached hydrogen (secondary N) is 1. The van der Waals surface area contributed by atoms with Gasteiger partial charge in [0.05, 0.1) is 24.5 Å². The number of esters is 1. The highest BCUT2D eigenvalue weighted by Gasteiger charge is 2.47. The van der Waals surface area contributed by atoms with Crippen molar-refractivity contribution < 1.29 is 23.9 Å². The van der Waals surface area contributed by atoms with Gasteiger partial charge in [-0.05, 0) is 32.3 Å². The standard InChI is InChI=1S/C19H24N2O5S/c1-10-11(2)27-16(15(10)19(25)26-3)20-14(22)8-9-21-17(23)12-6-4-5-7-13(12)18(21)24/h12-13H,4-9H2,1-3H3,(H,20,22)/t12-,13+. The lowest BCUT2D eigenvalue weighted by Gasteiger charge is -2.19. The SMILES string of the molecule is COC(=O)c1c(NC(=O)CCN2C(=O)[C@H]3CCCC[C@H]3C2=O)sc(C)c1C. The Morgan fingerprint density at radius 2 is 1.74 bits per heavy atom. The highest BCUT2D eigenvalue weighted by atomic mass is 32.1. The third kappa shape index (κ3) is 3.63. The van der Waals surface area contributed by atoms with Gasteiger partial charge in [0.25, 0.3) is 0 Å². The number of methoxy groups -OCH3 is 1. The molecule has 3 amide bonds. The molecule has 3 rings (SSSR count). The predicted octanol–water partition coefficient (Wildman–Crippen LogP) is 2.66. The molecule has 1 saturated heterocycles. The molecule has 2 atom stereocenters. The molecule has 0 bridgehead atoms. The molecule has 0 spiro atoms. The Labute approximate surface area is 162 Å². The first kappa shape index (κ1) is 19.5. The summed E-state index contributed by atoms with van der Waals surface area (Å²) < 4.78 is 4.80. The topological polar surface area (TPSA) is 92.8 Å². The Morgan fingerprint density at radius 1 is 1.15 bits per heavy atom. The number of hydrogen-bond donors (Lipinski definition) is 1. The number of nitrogens with zero attached hydrogens (tertiary/aromatic N) is 1. The van der Waals surface area contributed by atoms with E-state index in [1.165, 1.54) is 23.3 Å². The van der Waals surface area contributed by atoms with E-state index in [1.807, 2.05) is 6.92 Å².